The van der Waals surface area contributed by atoms with Gasteiger partial charge in [0.1, 0.15) is 6.04 Å². The predicted molar refractivity (Wildman–Crippen MR) is 107 cm³/mol. The number of carbonyl (C=O) groups excluding carboxylic acids is 1. The molecule has 0 saturated heterocycles. The summed E-state index contributed by atoms with van der Waals surface area (Å²) in [6.07, 6.45) is 2.71. The van der Waals surface area contributed by atoms with Crippen LogP contribution in [0.25, 0.3) is 16.5 Å². The minimum absolute atomic E-state index is 0.121. The highest BCUT2D eigenvalue weighted by atomic mass is 79.9. The Kier molecular flexibility index (Phi) is 4.84. The molecule has 2 aromatic rings. The first-order valence-corrected chi connectivity index (χ1v) is 10.0. The summed E-state index contributed by atoms with van der Waals surface area (Å²) in [5.41, 5.74) is 4.35. The highest BCUT2D eigenvalue weighted by Gasteiger charge is 2.39. The van der Waals surface area contributed by atoms with Gasteiger partial charge in [0.05, 0.1) is 17.1 Å². The van der Waals surface area contributed by atoms with E-state index in [-0.39, 0.29) is 6.04 Å². The molecule has 1 aromatic carbocycles. The van der Waals surface area contributed by atoms with Crippen LogP contribution in [0.1, 0.15) is 18.1 Å². The van der Waals surface area contributed by atoms with Gasteiger partial charge in [0.15, 0.2) is 0 Å². The molecular formula is C20H22BrF2N3O2. The van der Waals surface area contributed by atoms with E-state index in [9.17, 15) is 18.7 Å². The summed E-state index contributed by atoms with van der Waals surface area (Å²) in [5, 5.41) is 12.7. The largest absolute Gasteiger partial charge is 0.394 e. The Morgan fingerprint density at radius 3 is 2.93 bits per heavy atom. The smallest absolute Gasteiger partial charge is 0.267 e. The van der Waals surface area contributed by atoms with Crippen molar-refractivity contribution in [2.75, 3.05) is 20.2 Å². The SMILES string of the molecule is CN1CC(C(=O)NC(CO)C(C)(F)F)C=C2c3cccc4[nH]c(Br)c(c34)CC21. The number of nitrogens with one attached hydrogen (secondary N) is 2. The van der Waals surface area contributed by atoms with Gasteiger partial charge in [-0.2, -0.15) is 0 Å². The molecule has 0 radical (unpaired) electrons. The molecule has 1 aromatic heterocycles. The number of hydrogen-bond acceptors (Lipinski definition) is 3. The lowest BCUT2D eigenvalue weighted by Crippen LogP contribution is -2.53. The second-order valence-corrected chi connectivity index (χ2v) is 8.53. The van der Waals surface area contributed by atoms with Crippen LogP contribution < -0.4 is 5.32 Å². The molecule has 150 valence electrons. The van der Waals surface area contributed by atoms with Gasteiger partial charge in [-0.25, -0.2) is 8.78 Å². The van der Waals surface area contributed by atoms with Crippen LogP contribution in [0.5, 0.6) is 0 Å². The van der Waals surface area contributed by atoms with Gasteiger partial charge in [0.25, 0.3) is 5.92 Å². The molecule has 8 heteroatoms. The zero-order chi connectivity index (χ0) is 20.2. The van der Waals surface area contributed by atoms with Gasteiger partial charge in [-0.05, 0) is 52.2 Å². The average Bonchev–Trinajstić information content (AvgIpc) is 2.96. The van der Waals surface area contributed by atoms with E-state index in [1.807, 2.05) is 31.3 Å². The van der Waals surface area contributed by atoms with Crippen molar-refractivity contribution in [3.63, 3.8) is 0 Å². The number of halogens is 3. The first-order valence-electron chi connectivity index (χ1n) is 9.21. The standard InChI is InChI=1S/C20H22BrF2N3O2/c1-20(22,23)16(9-27)25-19(28)10-6-12-11-4-3-5-14-17(11)13(18(21)24-14)7-15(12)26(2)8-10/h3-6,10,15-16,24,27H,7-9H2,1-2H3,(H,25,28). The van der Waals surface area contributed by atoms with Crippen molar-refractivity contribution >= 4 is 38.3 Å². The highest BCUT2D eigenvalue weighted by molar-refractivity contribution is 9.10. The number of aromatic amines is 1. The molecule has 0 fully saturated rings. The lowest BCUT2D eigenvalue weighted by atomic mass is 9.79. The number of rotatable bonds is 4. The molecule has 1 amide bonds. The Morgan fingerprint density at radius 2 is 2.25 bits per heavy atom. The minimum Gasteiger partial charge on any atom is -0.394 e. The third-order valence-electron chi connectivity index (χ3n) is 5.79. The molecular weight excluding hydrogens is 432 g/mol. The maximum Gasteiger partial charge on any atom is 0.267 e. The molecule has 3 N–H and O–H groups in total. The van der Waals surface area contributed by atoms with Crippen LogP contribution in [0.3, 0.4) is 0 Å². The Labute approximate surface area is 169 Å². The maximum atomic E-state index is 13.6. The van der Waals surface area contributed by atoms with Crippen molar-refractivity contribution < 1.29 is 18.7 Å². The van der Waals surface area contributed by atoms with Gasteiger partial charge in [0, 0.05) is 30.4 Å². The predicted octanol–water partition coefficient (Wildman–Crippen LogP) is 2.93. The number of fused-ring (bicyclic) bond motifs is 2. The second-order valence-electron chi connectivity index (χ2n) is 7.73. The average molecular weight is 454 g/mol. The summed E-state index contributed by atoms with van der Waals surface area (Å²) in [7, 11) is 1.95. The number of hydrogen-bond donors (Lipinski definition) is 3. The molecule has 4 rings (SSSR count). The van der Waals surface area contributed by atoms with Gasteiger partial charge < -0.3 is 15.4 Å². The van der Waals surface area contributed by atoms with E-state index >= 15 is 0 Å². The van der Waals surface area contributed by atoms with Gasteiger partial charge in [-0.15, -0.1) is 0 Å². The van der Waals surface area contributed by atoms with E-state index in [2.05, 4.69) is 31.1 Å². The Balaban J connectivity index is 1.71. The molecule has 3 unspecified atom stereocenters. The van der Waals surface area contributed by atoms with E-state index in [0.717, 1.165) is 33.1 Å². The van der Waals surface area contributed by atoms with Crippen molar-refractivity contribution in [2.45, 2.75) is 31.4 Å². The Morgan fingerprint density at radius 1 is 1.50 bits per heavy atom. The van der Waals surface area contributed by atoms with Crippen LogP contribution in [-0.2, 0) is 11.2 Å². The molecule has 5 nitrogen and oxygen atoms in total. The van der Waals surface area contributed by atoms with Crippen LogP contribution in [0.2, 0.25) is 0 Å². The van der Waals surface area contributed by atoms with Crippen LogP contribution in [0.15, 0.2) is 28.9 Å². The maximum absolute atomic E-state index is 13.6. The number of nitrogens with zero attached hydrogens (tertiary/aromatic N) is 1. The fourth-order valence-corrected chi connectivity index (χ4v) is 4.84. The number of amides is 1. The number of benzene rings is 1. The number of aliphatic hydroxyl groups is 1. The second kappa shape index (κ2) is 6.93. The monoisotopic (exact) mass is 453 g/mol. The Bertz CT molecular complexity index is 966. The molecule has 1 aliphatic carbocycles. The normalized spacial score (nSPS) is 23.3. The van der Waals surface area contributed by atoms with E-state index < -0.39 is 30.4 Å². The summed E-state index contributed by atoms with van der Waals surface area (Å²) in [6.45, 7) is 0.320. The quantitative estimate of drug-likeness (QED) is 0.666. The number of aliphatic hydroxyl groups excluding tert-OH is 1. The fourth-order valence-electron chi connectivity index (χ4n) is 4.27. The summed E-state index contributed by atoms with van der Waals surface area (Å²) in [4.78, 5) is 18.1. The summed E-state index contributed by atoms with van der Waals surface area (Å²) < 4.78 is 28.1. The number of alkyl halides is 2. The van der Waals surface area contributed by atoms with Crippen molar-refractivity contribution in [3.05, 3.63) is 40.0 Å². The molecule has 28 heavy (non-hydrogen) atoms. The highest BCUT2D eigenvalue weighted by Crippen LogP contribution is 2.43. The van der Waals surface area contributed by atoms with E-state index in [4.69, 9.17) is 0 Å². The van der Waals surface area contributed by atoms with Crippen LogP contribution in [0.4, 0.5) is 8.78 Å². The van der Waals surface area contributed by atoms with Crippen molar-refractivity contribution in [1.82, 2.24) is 15.2 Å². The molecule has 1 aliphatic heterocycles. The zero-order valence-electron chi connectivity index (χ0n) is 15.6. The molecule has 0 bridgehead atoms. The first kappa shape index (κ1) is 19.5. The minimum atomic E-state index is -3.19. The third kappa shape index (κ3) is 3.17. The molecule has 2 heterocycles. The van der Waals surface area contributed by atoms with Crippen molar-refractivity contribution in [1.29, 1.82) is 0 Å². The van der Waals surface area contributed by atoms with Crippen molar-refractivity contribution in [3.8, 4) is 0 Å². The molecule has 3 atom stereocenters. The summed E-state index contributed by atoms with van der Waals surface area (Å²) in [6, 6.07) is 4.55. The van der Waals surface area contributed by atoms with Gasteiger partial charge in [-0.3, -0.25) is 9.69 Å². The topological polar surface area (TPSA) is 68.4 Å². The molecule has 2 aliphatic rings. The zero-order valence-corrected chi connectivity index (χ0v) is 17.2. The molecule has 0 saturated carbocycles. The van der Waals surface area contributed by atoms with Crippen LogP contribution in [-0.4, -0.2) is 59.1 Å². The molecule has 0 spiro atoms. The summed E-state index contributed by atoms with van der Waals surface area (Å²) >= 11 is 3.61. The van der Waals surface area contributed by atoms with Crippen molar-refractivity contribution in [2.24, 2.45) is 5.92 Å². The van der Waals surface area contributed by atoms with Crippen LogP contribution in [0, 0.1) is 5.92 Å². The lowest BCUT2D eigenvalue weighted by molar-refractivity contribution is -0.129. The summed E-state index contributed by atoms with van der Waals surface area (Å²) in [5.74, 6) is -4.25. The van der Waals surface area contributed by atoms with E-state index in [1.54, 1.807) is 0 Å². The van der Waals surface area contributed by atoms with Gasteiger partial charge in [-0.1, -0.05) is 18.2 Å². The van der Waals surface area contributed by atoms with Crippen LogP contribution >= 0.6 is 15.9 Å². The number of aromatic nitrogens is 1. The third-order valence-corrected chi connectivity index (χ3v) is 6.47. The number of H-pyrrole nitrogens is 1. The van der Waals surface area contributed by atoms with E-state index in [0.29, 0.717) is 13.5 Å². The number of likely N-dealkylation sites (N-methyl/N-ethyl adjacent to an activating group) is 1. The Hall–Kier alpha value is -1.77. The van der Waals surface area contributed by atoms with E-state index in [1.165, 1.54) is 5.56 Å². The number of carbonyl (C=O) groups is 1. The van der Waals surface area contributed by atoms with Gasteiger partial charge in [0.2, 0.25) is 5.91 Å². The fraction of sp³-hybridized carbons (Fsp3) is 0.450. The lowest BCUT2D eigenvalue weighted by Gasteiger charge is -2.40. The van der Waals surface area contributed by atoms with Gasteiger partial charge >= 0.3 is 0 Å². The first-order chi connectivity index (χ1) is 13.2.